The number of likely N-dealkylation sites (tertiary alicyclic amines) is 1. The van der Waals surface area contributed by atoms with Crippen LogP contribution in [0.5, 0.6) is 11.5 Å². The summed E-state index contributed by atoms with van der Waals surface area (Å²) >= 11 is 0. The van der Waals surface area contributed by atoms with Gasteiger partial charge < -0.3 is 19.5 Å². The fourth-order valence-corrected chi connectivity index (χ4v) is 2.48. The summed E-state index contributed by atoms with van der Waals surface area (Å²) in [7, 11) is 3.04. The number of amides is 1. The first kappa shape index (κ1) is 15.2. The van der Waals surface area contributed by atoms with Crippen molar-refractivity contribution in [2.45, 2.75) is 12.8 Å². The number of ether oxygens (including phenoxy) is 2. The van der Waals surface area contributed by atoms with E-state index in [1.807, 2.05) is 0 Å². The average Bonchev–Trinajstić information content (AvgIpc) is 2.53. The van der Waals surface area contributed by atoms with Crippen LogP contribution in [0, 0.1) is 5.92 Å². The molecule has 0 aromatic heterocycles. The number of nitrogens with zero attached hydrogens (tertiary/aromatic N) is 1. The van der Waals surface area contributed by atoms with Gasteiger partial charge in [0.05, 0.1) is 20.1 Å². The molecule has 2 rings (SSSR count). The first-order chi connectivity index (χ1) is 10.0. The quantitative estimate of drug-likeness (QED) is 0.913. The van der Waals surface area contributed by atoms with Crippen molar-refractivity contribution >= 4 is 11.9 Å². The van der Waals surface area contributed by atoms with Crippen LogP contribution in [0.3, 0.4) is 0 Å². The summed E-state index contributed by atoms with van der Waals surface area (Å²) in [6, 6.07) is 4.96. The van der Waals surface area contributed by atoms with E-state index in [0.717, 1.165) is 0 Å². The molecule has 21 heavy (non-hydrogen) atoms. The van der Waals surface area contributed by atoms with Gasteiger partial charge in [0.2, 0.25) is 0 Å². The lowest BCUT2D eigenvalue weighted by Gasteiger charge is -2.30. The number of carbonyl (C=O) groups is 2. The minimum Gasteiger partial charge on any atom is -0.497 e. The number of piperidine rings is 1. The Labute approximate surface area is 123 Å². The van der Waals surface area contributed by atoms with Gasteiger partial charge in [-0.2, -0.15) is 0 Å². The molecule has 1 aliphatic heterocycles. The molecule has 0 aliphatic carbocycles. The molecule has 0 bridgehead atoms. The molecule has 1 aromatic carbocycles. The molecule has 1 aliphatic rings. The highest BCUT2D eigenvalue weighted by molar-refractivity contribution is 5.95. The minimum absolute atomic E-state index is 0.196. The lowest BCUT2D eigenvalue weighted by Crippen LogP contribution is -2.42. The summed E-state index contributed by atoms with van der Waals surface area (Å²) in [4.78, 5) is 25.2. The van der Waals surface area contributed by atoms with Gasteiger partial charge >= 0.3 is 5.97 Å². The zero-order valence-corrected chi connectivity index (χ0v) is 12.2. The summed E-state index contributed by atoms with van der Waals surface area (Å²) in [5, 5.41) is 9.09. The predicted octanol–water partition coefficient (Wildman–Crippen LogP) is 1.64. The molecule has 114 valence electrons. The Kier molecular flexibility index (Phi) is 4.67. The number of hydrogen-bond acceptors (Lipinski definition) is 4. The van der Waals surface area contributed by atoms with E-state index in [0.29, 0.717) is 36.4 Å². The minimum atomic E-state index is -0.851. The third-order valence-corrected chi connectivity index (χ3v) is 3.66. The third kappa shape index (κ3) is 3.45. The molecule has 6 heteroatoms. The maximum Gasteiger partial charge on any atom is 0.308 e. The molecule has 0 saturated carbocycles. The van der Waals surface area contributed by atoms with E-state index in [1.165, 1.54) is 14.2 Å². The maximum absolute atomic E-state index is 12.5. The number of rotatable bonds is 4. The van der Waals surface area contributed by atoms with Gasteiger partial charge in [-0.15, -0.1) is 0 Å². The Morgan fingerprint density at radius 1 is 1.19 bits per heavy atom. The predicted molar refractivity (Wildman–Crippen MR) is 75.8 cm³/mol. The molecular formula is C15H19NO5. The van der Waals surface area contributed by atoms with Gasteiger partial charge in [0, 0.05) is 24.7 Å². The number of carboxylic acid groups (broad SMARTS) is 1. The molecule has 1 aromatic rings. The summed E-state index contributed by atoms with van der Waals surface area (Å²) in [5.41, 5.74) is 0.442. The maximum atomic E-state index is 12.5. The van der Waals surface area contributed by atoms with E-state index in [4.69, 9.17) is 14.6 Å². The van der Waals surface area contributed by atoms with Crippen LogP contribution in [0.15, 0.2) is 18.2 Å². The van der Waals surface area contributed by atoms with Crippen LogP contribution >= 0.6 is 0 Å². The van der Waals surface area contributed by atoms with Crippen molar-refractivity contribution < 1.29 is 24.2 Å². The Hall–Kier alpha value is -2.24. The summed E-state index contributed by atoms with van der Waals surface area (Å²) in [5.74, 6) is -0.474. The van der Waals surface area contributed by atoms with Gasteiger partial charge in [-0.1, -0.05) is 0 Å². The van der Waals surface area contributed by atoms with E-state index in [1.54, 1.807) is 23.1 Å². The zero-order valence-electron chi connectivity index (χ0n) is 12.2. The monoisotopic (exact) mass is 293 g/mol. The first-order valence-electron chi connectivity index (χ1n) is 6.80. The van der Waals surface area contributed by atoms with Crippen LogP contribution in [-0.2, 0) is 4.79 Å². The lowest BCUT2D eigenvalue weighted by atomic mass is 9.97. The molecule has 6 nitrogen and oxygen atoms in total. The van der Waals surface area contributed by atoms with E-state index in [9.17, 15) is 9.59 Å². The highest BCUT2D eigenvalue weighted by atomic mass is 16.5. The van der Waals surface area contributed by atoms with Crippen LogP contribution in [-0.4, -0.2) is 49.2 Å². The highest BCUT2D eigenvalue weighted by Gasteiger charge is 2.29. The molecule has 1 heterocycles. The number of benzene rings is 1. The Bertz CT molecular complexity index is 521. The van der Waals surface area contributed by atoms with Crippen LogP contribution in [0.2, 0.25) is 0 Å². The van der Waals surface area contributed by atoms with Crippen molar-refractivity contribution in [3.05, 3.63) is 23.8 Å². The number of hydrogen-bond donors (Lipinski definition) is 1. The summed E-state index contributed by atoms with van der Waals surface area (Å²) in [6.45, 7) is 0.815. The van der Waals surface area contributed by atoms with Gasteiger partial charge in [-0.25, -0.2) is 0 Å². The van der Waals surface area contributed by atoms with E-state index < -0.39 is 11.9 Å². The Morgan fingerprint density at radius 2 is 1.81 bits per heavy atom. The van der Waals surface area contributed by atoms with Crippen molar-refractivity contribution in [1.82, 2.24) is 4.90 Å². The van der Waals surface area contributed by atoms with Crippen LogP contribution in [0.1, 0.15) is 23.2 Å². The molecule has 0 spiro atoms. The van der Waals surface area contributed by atoms with Crippen molar-refractivity contribution in [2.24, 2.45) is 5.92 Å². The fraction of sp³-hybridized carbons (Fsp3) is 0.467. The second kappa shape index (κ2) is 6.47. The van der Waals surface area contributed by atoms with E-state index >= 15 is 0 Å². The molecule has 1 fully saturated rings. The summed E-state index contributed by atoms with van der Waals surface area (Å²) in [6.07, 6.45) is 1.31. The number of methoxy groups -OCH3 is 2. The van der Waals surface area contributed by atoms with Crippen molar-refractivity contribution in [3.63, 3.8) is 0 Å². The van der Waals surface area contributed by atoms with Gasteiger partial charge in [0.15, 0.2) is 0 Å². The molecule has 0 unspecified atom stereocenters. The van der Waals surface area contributed by atoms with E-state index in [2.05, 4.69) is 0 Å². The SMILES string of the molecule is COc1cc(OC)cc(C(=O)N2CCC[C@@H](C(=O)O)C2)c1. The molecule has 1 saturated heterocycles. The molecule has 1 N–H and O–H groups in total. The van der Waals surface area contributed by atoms with Crippen LogP contribution in [0.4, 0.5) is 0 Å². The van der Waals surface area contributed by atoms with Gasteiger partial charge in [-0.3, -0.25) is 9.59 Å². The zero-order chi connectivity index (χ0) is 15.4. The Morgan fingerprint density at radius 3 is 2.33 bits per heavy atom. The van der Waals surface area contributed by atoms with Crippen molar-refractivity contribution in [3.8, 4) is 11.5 Å². The summed E-state index contributed by atoms with van der Waals surface area (Å²) < 4.78 is 10.3. The topological polar surface area (TPSA) is 76.1 Å². The first-order valence-corrected chi connectivity index (χ1v) is 6.80. The average molecular weight is 293 g/mol. The van der Waals surface area contributed by atoms with Crippen LogP contribution in [0.25, 0.3) is 0 Å². The lowest BCUT2D eigenvalue weighted by molar-refractivity contribution is -0.143. The van der Waals surface area contributed by atoms with E-state index in [-0.39, 0.29) is 12.5 Å². The normalized spacial score (nSPS) is 18.2. The van der Waals surface area contributed by atoms with Gasteiger partial charge in [-0.05, 0) is 25.0 Å². The smallest absolute Gasteiger partial charge is 0.308 e. The van der Waals surface area contributed by atoms with Crippen LogP contribution < -0.4 is 9.47 Å². The molecule has 1 atom stereocenters. The number of carboxylic acids is 1. The fourth-order valence-electron chi connectivity index (χ4n) is 2.48. The standard InChI is InChI=1S/C15H19NO5/c1-20-12-6-11(7-13(8-12)21-2)14(17)16-5-3-4-10(9-16)15(18)19/h6-8,10H,3-5,9H2,1-2H3,(H,18,19)/t10-/m1/s1. The van der Waals surface area contributed by atoms with Gasteiger partial charge in [0.25, 0.3) is 5.91 Å². The number of carbonyl (C=O) groups excluding carboxylic acids is 1. The second-order valence-electron chi connectivity index (χ2n) is 5.03. The second-order valence-corrected chi connectivity index (χ2v) is 5.03. The molecule has 1 amide bonds. The molecular weight excluding hydrogens is 274 g/mol. The largest absolute Gasteiger partial charge is 0.497 e. The highest BCUT2D eigenvalue weighted by Crippen LogP contribution is 2.25. The molecule has 0 radical (unpaired) electrons. The Balaban J connectivity index is 2.21. The van der Waals surface area contributed by atoms with Gasteiger partial charge in [0.1, 0.15) is 11.5 Å². The third-order valence-electron chi connectivity index (χ3n) is 3.66. The van der Waals surface area contributed by atoms with Crippen molar-refractivity contribution in [1.29, 1.82) is 0 Å². The van der Waals surface area contributed by atoms with Crippen molar-refractivity contribution in [2.75, 3.05) is 27.3 Å². The number of aliphatic carboxylic acids is 1.